The Labute approximate surface area is 176 Å². The number of sulfonamides is 1. The van der Waals surface area contributed by atoms with Crippen molar-refractivity contribution in [3.8, 4) is 0 Å². The minimum absolute atomic E-state index is 0.315. The number of aromatic nitrogens is 2. The molecule has 0 saturated carbocycles. The molecule has 3 aromatic rings. The summed E-state index contributed by atoms with van der Waals surface area (Å²) in [5.41, 5.74) is -0.379. The molecule has 0 aliphatic rings. The lowest BCUT2D eigenvalue weighted by atomic mass is 10.2. The second-order valence-electron chi connectivity index (χ2n) is 6.69. The molecule has 31 heavy (non-hydrogen) atoms. The number of carbonyl (C=O) groups is 1. The zero-order valence-corrected chi connectivity index (χ0v) is 17.1. The molecular formula is C20H19F3N4O3S. The molecule has 7 nitrogen and oxygen atoms in total. The van der Waals surface area contributed by atoms with E-state index in [9.17, 15) is 26.4 Å². The molecule has 1 atom stereocenters. The van der Waals surface area contributed by atoms with Gasteiger partial charge in [0.15, 0.2) is 0 Å². The van der Waals surface area contributed by atoms with Crippen LogP contribution in [0, 0.1) is 0 Å². The van der Waals surface area contributed by atoms with Crippen molar-refractivity contribution in [1.82, 2.24) is 14.5 Å². The van der Waals surface area contributed by atoms with Crippen LogP contribution in [0.25, 0.3) is 0 Å². The maximum Gasteiger partial charge on any atom is 0.417 e. The van der Waals surface area contributed by atoms with E-state index < -0.39 is 38.6 Å². The molecule has 0 radical (unpaired) electrons. The highest BCUT2D eigenvalue weighted by molar-refractivity contribution is 7.89. The van der Waals surface area contributed by atoms with E-state index in [-0.39, 0.29) is 0 Å². The Morgan fingerprint density at radius 1 is 1.06 bits per heavy atom. The number of amides is 1. The molecule has 0 unspecified atom stereocenters. The van der Waals surface area contributed by atoms with Gasteiger partial charge in [0.1, 0.15) is 5.82 Å². The van der Waals surface area contributed by atoms with E-state index in [0.717, 1.165) is 17.7 Å². The van der Waals surface area contributed by atoms with Gasteiger partial charge in [0.2, 0.25) is 15.9 Å². The molecule has 0 fully saturated rings. The topological polar surface area (TPSA) is 93.1 Å². The normalized spacial score (nSPS) is 13.0. The van der Waals surface area contributed by atoms with Crippen molar-refractivity contribution in [3.63, 3.8) is 0 Å². The fourth-order valence-corrected chi connectivity index (χ4v) is 4.27. The quantitative estimate of drug-likeness (QED) is 0.576. The minimum Gasteiger partial charge on any atom is -0.310 e. The van der Waals surface area contributed by atoms with Gasteiger partial charge in [-0.2, -0.15) is 23.0 Å². The van der Waals surface area contributed by atoms with Crippen molar-refractivity contribution in [2.45, 2.75) is 30.6 Å². The number of benzene rings is 2. The van der Waals surface area contributed by atoms with Crippen molar-refractivity contribution in [3.05, 3.63) is 78.0 Å². The summed E-state index contributed by atoms with van der Waals surface area (Å²) in [6, 6.07) is 13.3. The first kappa shape index (κ1) is 22.5. The van der Waals surface area contributed by atoms with Gasteiger partial charge in [-0.1, -0.05) is 42.5 Å². The number of alkyl halides is 3. The predicted octanol–water partition coefficient (Wildman–Crippen LogP) is 3.26. The standard InChI is InChI=1S/C20H19F3N4O3S/c1-14(26-31(29,30)17-10-6-5-9-16(17)20(21,22)23)19(28)25-18-11-12-24-27(18)13-15-7-3-2-4-8-15/h2-12,14,26H,13H2,1H3,(H,25,28)/t14-/m0/s1. The number of rotatable bonds is 7. The average molecular weight is 452 g/mol. The fourth-order valence-electron chi connectivity index (χ4n) is 2.84. The Morgan fingerprint density at radius 3 is 2.39 bits per heavy atom. The van der Waals surface area contributed by atoms with Crippen LogP contribution < -0.4 is 10.0 Å². The van der Waals surface area contributed by atoms with Crippen LogP contribution in [-0.4, -0.2) is 30.1 Å². The Morgan fingerprint density at radius 2 is 1.71 bits per heavy atom. The van der Waals surface area contributed by atoms with E-state index in [2.05, 4.69) is 10.4 Å². The molecule has 164 valence electrons. The van der Waals surface area contributed by atoms with Crippen LogP contribution >= 0.6 is 0 Å². The number of hydrogen-bond acceptors (Lipinski definition) is 4. The number of hydrogen-bond donors (Lipinski definition) is 2. The van der Waals surface area contributed by atoms with E-state index in [4.69, 9.17) is 0 Å². The van der Waals surface area contributed by atoms with E-state index >= 15 is 0 Å². The maximum absolute atomic E-state index is 13.2. The highest BCUT2D eigenvalue weighted by Crippen LogP contribution is 2.33. The molecule has 0 saturated heterocycles. The van der Waals surface area contributed by atoms with Gasteiger partial charge < -0.3 is 5.32 Å². The van der Waals surface area contributed by atoms with Gasteiger partial charge in [-0.05, 0) is 24.6 Å². The van der Waals surface area contributed by atoms with Crippen LogP contribution in [0.5, 0.6) is 0 Å². The second-order valence-corrected chi connectivity index (χ2v) is 8.37. The summed E-state index contributed by atoms with van der Waals surface area (Å²) in [6.45, 7) is 1.60. The molecular weight excluding hydrogens is 433 g/mol. The van der Waals surface area contributed by atoms with Crippen molar-refractivity contribution in [1.29, 1.82) is 0 Å². The third-order valence-corrected chi connectivity index (χ3v) is 5.95. The minimum atomic E-state index is -4.86. The third kappa shape index (κ3) is 5.50. The Hall–Kier alpha value is -3.18. The average Bonchev–Trinajstić information content (AvgIpc) is 3.14. The fraction of sp³-hybridized carbons (Fsp3) is 0.200. The third-order valence-electron chi connectivity index (χ3n) is 4.35. The molecule has 2 aromatic carbocycles. The molecule has 1 heterocycles. The number of nitrogens with zero attached hydrogens (tertiary/aromatic N) is 2. The second kappa shape index (κ2) is 8.90. The lowest BCUT2D eigenvalue weighted by Crippen LogP contribution is -2.42. The van der Waals surface area contributed by atoms with Crippen LogP contribution in [-0.2, 0) is 27.5 Å². The summed E-state index contributed by atoms with van der Waals surface area (Å²) >= 11 is 0. The van der Waals surface area contributed by atoms with Gasteiger partial charge in [-0.3, -0.25) is 4.79 Å². The molecule has 0 spiro atoms. The van der Waals surface area contributed by atoms with E-state index in [1.165, 1.54) is 29.9 Å². The summed E-state index contributed by atoms with van der Waals surface area (Å²) < 4.78 is 68.0. The predicted molar refractivity (Wildman–Crippen MR) is 108 cm³/mol. The molecule has 11 heteroatoms. The molecule has 0 aliphatic heterocycles. The van der Waals surface area contributed by atoms with Crippen molar-refractivity contribution in [2.75, 3.05) is 5.32 Å². The van der Waals surface area contributed by atoms with Crippen molar-refractivity contribution >= 4 is 21.7 Å². The van der Waals surface area contributed by atoms with Crippen LogP contribution in [0.15, 0.2) is 71.8 Å². The summed E-state index contributed by atoms with van der Waals surface area (Å²) in [6.07, 6.45) is -3.40. The lowest BCUT2D eigenvalue weighted by Gasteiger charge is -2.17. The first-order valence-corrected chi connectivity index (χ1v) is 10.6. The number of nitrogens with one attached hydrogen (secondary N) is 2. The van der Waals surface area contributed by atoms with Crippen LogP contribution in [0.3, 0.4) is 0 Å². The van der Waals surface area contributed by atoms with E-state index in [1.54, 1.807) is 0 Å². The summed E-state index contributed by atoms with van der Waals surface area (Å²) in [5, 5.41) is 6.66. The lowest BCUT2D eigenvalue weighted by molar-refractivity contribution is -0.139. The van der Waals surface area contributed by atoms with E-state index in [1.807, 2.05) is 35.1 Å². The van der Waals surface area contributed by atoms with Crippen molar-refractivity contribution in [2.24, 2.45) is 0 Å². The summed E-state index contributed by atoms with van der Waals surface area (Å²) in [7, 11) is -4.61. The van der Waals surface area contributed by atoms with Gasteiger partial charge in [-0.15, -0.1) is 0 Å². The van der Waals surface area contributed by atoms with Gasteiger partial charge in [0.25, 0.3) is 0 Å². The smallest absolute Gasteiger partial charge is 0.310 e. The molecule has 1 aromatic heterocycles. The monoisotopic (exact) mass is 452 g/mol. The maximum atomic E-state index is 13.2. The van der Waals surface area contributed by atoms with Gasteiger partial charge in [0, 0.05) is 6.07 Å². The summed E-state index contributed by atoms with van der Waals surface area (Å²) in [4.78, 5) is 11.6. The first-order chi connectivity index (χ1) is 14.6. The number of carbonyl (C=O) groups excluding carboxylic acids is 1. The zero-order valence-electron chi connectivity index (χ0n) is 16.3. The largest absolute Gasteiger partial charge is 0.417 e. The number of anilines is 1. The zero-order chi connectivity index (χ0) is 22.6. The number of halogens is 3. The SMILES string of the molecule is C[C@H](NS(=O)(=O)c1ccccc1C(F)(F)F)C(=O)Nc1ccnn1Cc1ccccc1. The van der Waals surface area contributed by atoms with Gasteiger partial charge >= 0.3 is 6.18 Å². The Kier molecular flexibility index (Phi) is 6.46. The summed E-state index contributed by atoms with van der Waals surface area (Å²) in [5.74, 6) is -0.432. The van der Waals surface area contributed by atoms with Crippen LogP contribution in [0.1, 0.15) is 18.1 Å². The molecule has 0 aliphatic carbocycles. The van der Waals surface area contributed by atoms with E-state index in [0.29, 0.717) is 18.4 Å². The Balaban J connectivity index is 1.73. The first-order valence-electron chi connectivity index (χ1n) is 9.13. The Bertz CT molecular complexity index is 1160. The van der Waals surface area contributed by atoms with Crippen LogP contribution in [0.4, 0.5) is 19.0 Å². The van der Waals surface area contributed by atoms with Gasteiger partial charge in [-0.25, -0.2) is 13.1 Å². The highest BCUT2D eigenvalue weighted by Gasteiger charge is 2.37. The van der Waals surface area contributed by atoms with Crippen molar-refractivity contribution < 1.29 is 26.4 Å². The van der Waals surface area contributed by atoms with Gasteiger partial charge in [0.05, 0.1) is 29.2 Å². The molecule has 3 rings (SSSR count). The molecule has 1 amide bonds. The van der Waals surface area contributed by atoms with Crippen LogP contribution in [0.2, 0.25) is 0 Å². The molecule has 2 N–H and O–H groups in total. The highest BCUT2D eigenvalue weighted by atomic mass is 32.2. The molecule has 0 bridgehead atoms.